The average Bonchev–Trinajstić information content (AvgIpc) is 3.28. The lowest BCUT2D eigenvalue weighted by molar-refractivity contribution is 0.372. The molecule has 1 saturated heterocycles. The molecule has 154 valence electrons. The number of nitrogens with zero attached hydrogens (tertiary/aromatic N) is 3. The van der Waals surface area contributed by atoms with Gasteiger partial charge < -0.3 is 25.8 Å². The van der Waals surface area contributed by atoms with Crippen LogP contribution in [0.15, 0.2) is 30.3 Å². The Kier molecular flexibility index (Phi) is 5.88. The topological polar surface area (TPSA) is 73.2 Å². The first kappa shape index (κ1) is 20.3. The molecular formula is C21H26Cl2N6. The fourth-order valence-electron chi connectivity index (χ4n) is 3.99. The summed E-state index contributed by atoms with van der Waals surface area (Å²) in [5, 5.41) is 4.62. The van der Waals surface area contributed by atoms with Crippen molar-refractivity contribution in [3.8, 4) is 0 Å². The summed E-state index contributed by atoms with van der Waals surface area (Å²) in [5.41, 5.74) is 10.3. The molecule has 4 rings (SSSR count). The zero-order valence-electron chi connectivity index (χ0n) is 16.7. The van der Waals surface area contributed by atoms with Crippen LogP contribution < -0.4 is 16.0 Å². The van der Waals surface area contributed by atoms with E-state index >= 15 is 0 Å². The molecule has 0 aliphatic carbocycles. The summed E-state index contributed by atoms with van der Waals surface area (Å²) in [6.07, 6.45) is 2.35. The van der Waals surface area contributed by atoms with E-state index in [1.165, 1.54) is 12.8 Å². The maximum Gasteiger partial charge on any atom is 0.205 e. The van der Waals surface area contributed by atoms with Crippen LogP contribution in [-0.2, 0) is 6.54 Å². The lowest BCUT2D eigenvalue weighted by Crippen LogP contribution is -2.37. The third kappa shape index (κ3) is 4.31. The van der Waals surface area contributed by atoms with Gasteiger partial charge in [0, 0.05) is 25.7 Å². The average molecular weight is 433 g/mol. The van der Waals surface area contributed by atoms with Gasteiger partial charge in [0.05, 0.1) is 32.5 Å². The molecule has 0 spiro atoms. The second kappa shape index (κ2) is 8.40. The van der Waals surface area contributed by atoms with E-state index in [2.05, 4.69) is 40.3 Å². The van der Waals surface area contributed by atoms with Gasteiger partial charge in [-0.25, -0.2) is 4.98 Å². The number of nitrogens with two attached hydrogens (primary N) is 1. The van der Waals surface area contributed by atoms with Gasteiger partial charge in [-0.3, -0.25) is 0 Å². The van der Waals surface area contributed by atoms with E-state index in [4.69, 9.17) is 33.9 Å². The van der Waals surface area contributed by atoms with Gasteiger partial charge >= 0.3 is 0 Å². The minimum atomic E-state index is 0.453. The summed E-state index contributed by atoms with van der Waals surface area (Å²) in [5.74, 6) is 0.621. The van der Waals surface area contributed by atoms with E-state index < -0.39 is 0 Å². The summed E-state index contributed by atoms with van der Waals surface area (Å²) in [7, 11) is 4.22. The number of H-pyrrole nitrogens is 1. The molecule has 1 fully saturated rings. The molecule has 1 atom stereocenters. The van der Waals surface area contributed by atoms with Crippen LogP contribution in [0, 0.1) is 0 Å². The Morgan fingerprint density at radius 3 is 2.83 bits per heavy atom. The maximum absolute atomic E-state index is 6.66. The maximum atomic E-state index is 6.66. The third-order valence-electron chi connectivity index (χ3n) is 5.33. The Labute approximate surface area is 181 Å². The highest BCUT2D eigenvalue weighted by atomic mass is 35.5. The first-order valence-corrected chi connectivity index (χ1v) is 10.6. The van der Waals surface area contributed by atoms with Crippen molar-refractivity contribution in [3.63, 3.8) is 0 Å². The number of hydrogen-bond acceptors (Lipinski definition) is 5. The van der Waals surface area contributed by atoms with Crippen LogP contribution in [0.3, 0.4) is 0 Å². The molecule has 0 saturated carbocycles. The summed E-state index contributed by atoms with van der Waals surface area (Å²) in [6, 6.07) is 10.2. The van der Waals surface area contributed by atoms with E-state index in [9.17, 15) is 0 Å². The van der Waals surface area contributed by atoms with Gasteiger partial charge in [0.25, 0.3) is 0 Å². The summed E-state index contributed by atoms with van der Waals surface area (Å²) in [4.78, 5) is 12.6. The van der Waals surface area contributed by atoms with Crippen LogP contribution in [0.1, 0.15) is 18.4 Å². The van der Waals surface area contributed by atoms with Gasteiger partial charge in [-0.2, -0.15) is 0 Å². The Balaban J connectivity index is 1.64. The quantitative estimate of drug-likeness (QED) is 0.530. The Hall–Kier alpha value is -1.99. The predicted octanol–water partition coefficient (Wildman–Crippen LogP) is 4.60. The molecule has 1 aliphatic heterocycles. The van der Waals surface area contributed by atoms with Crippen molar-refractivity contribution >= 4 is 51.6 Å². The second-order valence-corrected chi connectivity index (χ2v) is 8.62. The molecule has 6 nitrogen and oxygen atoms in total. The number of aromatic amines is 1. The molecule has 0 radical (unpaired) electrons. The zero-order chi connectivity index (χ0) is 20.5. The number of anilines is 3. The standard InChI is InChI=1S/C21H26Cl2N6/c1-28(2)12-14-4-3-7-29(14)20-10-19-18(9-16(20)23)26-21(27-19)25-17-8-13(11-24)5-6-15(17)22/h5-6,8-10,14H,3-4,7,11-12,24H2,1-2H3,(H2,25,26,27). The third-order valence-corrected chi connectivity index (χ3v) is 5.96. The number of benzene rings is 2. The largest absolute Gasteiger partial charge is 0.366 e. The molecular weight excluding hydrogens is 407 g/mol. The molecule has 1 unspecified atom stereocenters. The highest BCUT2D eigenvalue weighted by Crippen LogP contribution is 2.36. The molecule has 1 aromatic heterocycles. The van der Waals surface area contributed by atoms with E-state index in [1.54, 1.807) is 0 Å². The zero-order valence-corrected chi connectivity index (χ0v) is 18.2. The number of hydrogen-bond donors (Lipinski definition) is 3. The number of nitrogens with one attached hydrogen (secondary N) is 2. The lowest BCUT2D eigenvalue weighted by atomic mass is 10.2. The van der Waals surface area contributed by atoms with Gasteiger partial charge in [-0.05, 0) is 56.8 Å². The first-order valence-electron chi connectivity index (χ1n) is 9.80. The SMILES string of the molecule is CN(C)CC1CCCN1c1cc2nc(Nc3cc(CN)ccc3Cl)[nH]c2cc1Cl. The lowest BCUT2D eigenvalue weighted by Gasteiger charge is -2.29. The Bertz CT molecular complexity index is 1020. The molecule has 0 bridgehead atoms. The van der Waals surface area contributed by atoms with Crippen LogP contribution in [0.4, 0.5) is 17.3 Å². The van der Waals surface area contributed by atoms with Crippen LogP contribution in [0.2, 0.25) is 10.0 Å². The number of rotatable bonds is 6. The fraction of sp³-hybridized carbons (Fsp3) is 0.381. The molecule has 2 heterocycles. The number of fused-ring (bicyclic) bond motifs is 1. The minimum Gasteiger partial charge on any atom is -0.366 e. The molecule has 2 aromatic carbocycles. The number of likely N-dealkylation sites (N-methyl/N-ethyl adjacent to an activating group) is 1. The van der Waals surface area contributed by atoms with Crippen molar-refractivity contribution in [3.05, 3.63) is 45.9 Å². The van der Waals surface area contributed by atoms with E-state index in [1.807, 2.05) is 24.3 Å². The Morgan fingerprint density at radius 1 is 1.24 bits per heavy atom. The second-order valence-electron chi connectivity index (χ2n) is 7.80. The molecule has 3 aromatic rings. The summed E-state index contributed by atoms with van der Waals surface area (Å²) < 4.78 is 0. The van der Waals surface area contributed by atoms with Crippen molar-refractivity contribution in [1.29, 1.82) is 0 Å². The number of halogens is 2. The van der Waals surface area contributed by atoms with Gasteiger partial charge in [0.1, 0.15) is 0 Å². The molecule has 8 heteroatoms. The normalized spacial score (nSPS) is 16.9. The van der Waals surface area contributed by atoms with E-state index in [0.29, 0.717) is 23.6 Å². The van der Waals surface area contributed by atoms with Crippen molar-refractivity contribution < 1.29 is 0 Å². The van der Waals surface area contributed by atoms with Crippen LogP contribution in [0.5, 0.6) is 0 Å². The number of aromatic nitrogens is 2. The summed E-state index contributed by atoms with van der Waals surface area (Å²) >= 11 is 13.0. The van der Waals surface area contributed by atoms with Gasteiger partial charge in [-0.1, -0.05) is 29.3 Å². The van der Waals surface area contributed by atoms with E-state index in [-0.39, 0.29) is 0 Å². The first-order chi connectivity index (χ1) is 13.9. The van der Waals surface area contributed by atoms with Crippen molar-refractivity contribution in [2.24, 2.45) is 5.73 Å². The summed E-state index contributed by atoms with van der Waals surface area (Å²) in [6.45, 7) is 2.48. The van der Waals surface area contributed by atoms with Crippen molar-refractivity contribution in [2.45, 2.75) is 25.4 Å². The monoisotopic (exact) mass is 432 g/mol. The van der Waals surface area contributed by atoms with Crippen LogP contribution in [0.25, 0.3) is 11.0 Å². The van der Waals surface area contributed by atoms with Gasteiger partial charge in [-0.15, -0.1) is 0 Å². The highest BCUT2D eigenvalue weighted by Gasteiger charge is 2.27. The van der Waals surface area contributed by atoms with Crippen LogP contribution >= 0.6 is 23.2 Å². The molecule has 0 amide bonds. The smallest absolute Gasteiger partial charge is 0.205 e. The number of imidazole rings is 1. The van der Waals surface area contributed by atoms with E-state index in [0.717, 1.165) is 46.1 Å². The van der Waals surface area contributed by atoms with Crippen molar-refractivity contribution in [1.82, 2.24) is 14.9 Å². The molecule has 4 N–H and O–H groups in total. The molecule has 29 heavy (non-hydrogen) atoms. The highest BCUT2D eigenvalue weighted by molar-refractivity contribution is 6.34. The minimum absolute atomic E-state index is 0.453. The fourth-order valence-corrected chi connectivity index (χ4v) is 4.42. The van der Waals surface area contributed by atoms with Gasteiger partial charge in [0.15, 0.2) is 0 Å². The van der Waals surface area contributed by atoms with Crippen molar-refractivity contribution in [2.75, 3.05) is 37.4 Å². The Morgan fingerprint density at radius 2 is 2.07 bits per heavy atom. The predicted molar refractivity (Wildman–Crippen MR) is 123 cm³/mol. The van der Waals surface area contributed by atoms with Gasteiger partial charge in [0.2, 0.25) is 5.95 Å². The molecule has 1 aliphatic rings. The van der Waals surface area contributed by atoms with Crippen LogP contribution in [-0.4, -0.2) is 48.1 Å².